The van der Waals surface area contributed by atoms with Gasteiger partial charge < -0.3 is 14.8 Å². The molecule has 2 saturated heterocycles. The van der Waals surface area contributed by atoms with Crippen molar-refractivity contribution in [2.24, 2.45) is 17.8 Å². The van der Waals surface area contributed by atoms with Crippen molar-refractivity contribution >= 4 is 52.3 Å². The van der Waals surface area contributed by atoms with E-state index >= 15 is 0 Å². The fourth-order valence-electron chi connectivity index (χ4n) is 6.83. The predicted octanol–water partition coefficient (Wildman–Crippen LogP) is 6.44. The number of amides is 2. The summed E-state index contributed by atoms with van der Waals surface area (Å²) in [7, 11) is -1.08. The molecule has 2 fully saturated rings. The molecule has 3 aliphatic rings. The van der Waals surface area contributed by atoms with Crippen LogP contribution < -0.4 is 4.90 Å². The van der Waals surface area contributed by atoms with Gasteiger partial charge in [-0.05, 0) is 74.2 Å². The van der Waals surface area contributed by atoms with Gasteiger partial charge in [0.1, 0.15) is 5.75 Å². The van der Waals surface area contributed by atoms with Gasteiger partial charge in [0.25, 0.3) is 5.69 Å². The molecule has 5 rings (SSSR count). The Kier molecular flexibility index (Phi) is 9.01. The van der Waals surface area contributed by atoms with E-state index in [1.54, 1.807) is 18.2 Å². The van der Waals surface area contributed by atoms with Crippen LogP contribution in [-0.4, -0.2) is 40.1 Å². The smallest absolute Gasteiger partial charge is 0.455 e. The van der Waals surface area contributed by atoms with E-state index in [9.17, 15) is 29.8 Å². The summed E-state index contributed by atoms with van der Waals surface area (Å²) >= 11 is 3.46. The molecule has 0 aromatic heterocycles. The standard InChI is InChI=1S/C31H34BBrN2O7/c1-3-6-19-15-24-29(31(38)34(30(24)37)22-7-5-8-23(16-22)35(40)41)25-17-32(39)42-27(28(19)25)12-9-18(4-2)13-20-14-21(33)10-11-26(20)36/h5,7-8,10-11,13-14,16,24-25,27,29,36,39H,3-4,6,9,12,15,17H2,1-2H3/b18-13+/t24-,25+,27-,29-/m1/s1. The predicted molar refractivity (Wildman–Crippen MR) is 164 cm³/mol. The third kappa shape index (κ3) is 5.82. The molecule has 220 valence electrons. The molecule has 0 unspecified atom stereocenters. The van der Waals surface area contributed by atoms with Crippen molar-refractivity contribution in [1.82, 2.24) is 0 Å². The quantitative estimate of drug-likeness (QED) is 0.106. The van der Waals surface area contributed by atoms with Gasteiger partial charge in [-0.25, -0.2) is 4.90 Å². The van der Waals surface area contributed by atoms with Crippen molar-refractivity contribution < 1.29 is 29.3 Å². The maximum absolute atomic E-state index is 13.9. The van der Waals surface area contributed by atoms with Crippen LogP contribution in [0.25, 0.3) is 6.08 Å². The van der Waals surface area contributed by atoms with Crippen LogP contribution in [0.1, 0.15) is 57.9 Å². The van der Waals surface area contributed by atoms with Gasteiger partial charge in [0.2, 0.25) is 11.8 Å². The molecule has 0 saturated carbocycles. The zero-order chi connectivity index (χ0) is 30.1. The molecule has 42 heavy (non-hydrogen) atoms. The van der Waals surface area contributed by atoms with Gasteiger partial charge >= 0.3 is 7.12 Å². The molecule has 11 heteroatoms. The summed E-state index contributed by atoms with van der Waals surface area (Å²) < 4.78 is 6.98. The fourth-order valence-corrected chi connectivity index (χ4v) is 7.21. The van der Waals surface area contributed by atoms with Crippen molar-refractivity contribution in [3.8, 4) is 5.75 Å². The van der Waals surface area contributed by atoms with Crippen LogP contribution >= 0.6 is 15.9 Å². The van der Waals surface area contributed by atoms with Gasteiger partial charge in [-0.15, -0.1) is 0 Å². The maximum Gasteiger partial charge on any atom is 0.455 e. The fraction of sp³-hybridized carbons (Fsp3) is 0.419. The summed E-state index contributed by atoms with van der Waals surface area (Å²) in [6, 6.07) is 10.9. The van der Waals surface area contributed by atoms with Gasteiger partial charge in [-0.2, -0.15) is 0 Å². The van der Waals surface area contributed by atoms with Crippen LogP contribution in [0, 0.1) is 27.9 Å². The zero-order valence-electron chi connectivity index (χ0n) is 23.7. The highest BCUT2D eigenvalue weighted by atomic mass is 79.9. The number of carbonyl (C=O) groups excluding carboxylic acids is 2. The Morgan fingerprint density at radius 3 is 2.69 bits per heavy atom. The summed E-state index contributed by atoms with van der Waals surface area (Å²) in [6.45, 7) is 4.13. The molecule has 2 aromatic carbocycles. The minimum absolute atomic E-state index is 0.189. The lowest BCUT2D eigenvalue weighted by atomic mass is 9.58. The van der Waals surface area contributed by atoms with E-state index in [0.29, 0.717) is 24.8 Å². The van der Waals surface area contributed by atoms with E-state index in [4.69, 9.17) is 4.65 Å². The Morgan fingerprint density at radius 2 is 1.98 bits per heavy atom. The van der Waals surface area contributed by atoms with Crippen molar-refractivity contribution in [1.29, 1.82) is 0 Å². The summed E-state index contributed by atoms with van der Waals surface area (Å²) in [4.78, 5) is 39.5. The first kappa shape index (κ1) is 30.2. The van der Waals surface area contributed by atoms with Crippen molar-refractivity contribution in [3.05, 3.63) is 79.3 Å². The number of benzene rings is 2. The summed E-state index contributed by atoms with van der Waals surface area (Å²) in [5, 5.41) is 32.5. The number of allylic oxidation sites excluding steroid dienone is 2. The monoisotopic (exact) mass is 636 g/mol. The number of nitro benzene ring substituents is 1. The number of rotatable bonds is 9. The summed E-state index contributed by atoms with van der Waals surface area (Å²) in [5.74, 6) is -2.13. The molecule has 4 atom stereocenters. The Hall–Kier alpha value is -3.28. The summed E-state index contributed by atoms with van der Waals surface area (Å²) in [5.41, 5.74) is 3.96. The molecule has 1 aliphatic carbocycles. The summed E-state index contributed by atoms with van der Waals surface area (Å²) in [6.07, 6.45) is 5.83. The van der Waals surface area contributed by atoms with Crippen molar-refractivity contribution in [3.63, 3.8) is 0 Å². The third-order valence-corrected chi connectivity index (χ3v) is 9.18. The number of nitrogens with zero attached hydrogens (tertiary/aromatic N) is 2. The molecule has 2 aliphatic heterocycles. The molecule has 0 radical (unpaired) electrons. The van der Waals surface area contributed by atoms with Crippen LogP contribution in [0.15, 0.2) is 63.7 Å². The molecule has 0 bridgehead atoms. The first-order valence-electron chi connectivity index (χ1n) is 14.5. The lowest BCUT2D eigenvalue weighted by molar-refractivity contribution is -0.384. The van der Waals surface area contributed by atoms with E-state index in [1.807, 2.05) is 12.1 Å². The molecule has 2 amide bonds. The van der Waals surface area contributed by atoms with Crippen LogP contribution in [0.4, 0.5) is 11.4 Å². The largest absolute Gasteiger partial charge is 0.507 e. The number of fused-ring (bicyclic) bond motifs is 3. The molecule has 2 N–H and O–H groups in total. The highest BCUT2D eigenvalue weighted by Gasteiger charge is 2.57. The Morgan fingerprint density at radius 1 is 1.19 bits per heavy atom. The van der Waals surface area contributed by atoms with Crippen molar-refractivity contribution in [2.45, 2.75) is 64.8 Å². The Bertz CT molecular complexity index is 1470. The number of anilines is 1. The minimum Gasteiger partial charge on any atom is -0.507 e. The number of nitro groups is 1. The van der Waals surface area contributed by atoms with Crippen LogP contribution in [-0.2, 0) is 14.2 Å². The number of phenols is 1. The highest BCUT2D eigenvalue weighted by Crippen LogP contribution is 2.52. The molecule has 0 spiro atoms. The van der Waals surface area contributed by atoms with Crippen LogP contribution in [0.5, 0.6) is 5.75 Å². The number of carbonyl (C=O) groups is 2. The van der Waals surface area contributed by atoms with Crippen molar-refractivity contribution in [2.75, 3.05) is 4.90 Å². The van der Waals surface area contributed by atoms with E-state index < -0.39 is 30.0 Å². The topological polar surface area (TPSA) is 130 Å². The van der Waals surface area contributed by atoms with E-state index in [2.05, 4.69) is 29.8 Å². The molecule has 2 aromatic rings. The number of phenolic OH excluding ortho intramolecular Hbond substituents is 1. The van der Waals surface area contributed by atoms with Gasteiger partial charge in [-0.1, -0.05) is 59.5 Å². The molecular weight excluding hydrogens is 603 g/mol. The first-order valence-corrected chi connectivity index (χ1v) is 15.3. The molecule has 2 heterocycles. The number of non-ortho nitro benzene ring substituents is 1. The lowest BCUT2D eigenvalue weighted by Crippen LogP contribution is -2.46. The second-order valence-corrected chi connectivity index (χ2v) is 12.2. The number of hydrogen-bond acceptors (Lipinski definition) is 7. The van der Waals surface area contributed by atoms with E-state index in [0.717, 1.165) is 45.4 Å². The SMILES string of the molecule is CCCC1=C2[C@@H](CC/C(=C/c3cc(Br)ccc3O)CC)OB(O)C[C@@H]2[C@@H]2C(=O)N(c3cccc([N+](=O)[O-])c3)C(=O)[C@@H]2C1. The second kappa shape index (κ2) is 12.5. The third-order valence-electron chi connectivity index (χ3n) is 8.69. The molecular formula is C31H34BBrN2O7. The van der Waals surface area contributed by atoms with E-state index in [-0.39, 0.29) is 41.2 Å². The highest BCUT2D eigenvalue weighted by molar-refractivity contribution is 9.10. The number of hydrogen-bond donors (Lipinski definition) is 2. The van der Waals surface area contributed by atoms with Crippen LogP contribution in [0.3, 0.4) is 0 Å². The number of aromatic hydroxyl groups is 1. The Labute approximate surface area is 253 Å². The average Bonchev–Trinajstić information content (AvgIpc) is 3.21. The number of halogens is 1. The zero-order valence-corrected chi connectivity index (χ0v) is 25.2. The minimum atomic E-state index is -1.08. The normalized spacial score (nSPS) is 24.2. The second-order valence-electron chi connectivity index (χ2n) is 11.3. The van der Waals surface area contributed by atoms with Gasteiger partial charge in [0.15, 0.2) is 0 Å². The maximum atomic E-state index is 13.9. The first-order chi connectivity index (χ1) is 20.1. The van der Waals surface area contributed by atoms with Crippen LogP contribution in [0.2, 0.25) is 6.32 Å². The van der Waals surface area contributed by atoms with E-state index in [1.165, 1.54) is 18.2 Å². The van der Waals surface area contributed by atoms with Gasteiger partial charge in [0, 0.05) is 22.2 Å². The Balaban J connectivity index is 1.45. The number of imide groups is 1. The van der Waals surface area contributed by atoms with Gasteiger partial charge in [-0.3, -0.25) is 19.7 Å². The molecule has 9 nitrogen and oxygen atoms in total. The van der Waals surface area contributed by atoms with Gasteiger partial charge in [0.05, 0.1) is 28.6 Å². The average molecular weight is 637 g/mol. The lowest BCUT2D eigenvalue weighted by Gasteiger charge is -2.43.